The molecule has 2 aromatic carbocycles. The van der Waals surface area contributed by atoms with Crippen molar-refractivity contribution in [3.05, 3.63) is 64.5 Å². The van der Waals surface area contributed by atoms with Crippen LogP contribution >= 0.6 is 11.3 Å². The van der Waals surface area contributed by atoms with Crippen molar-refractivity contribution in [2.75, 3.05) is 12.5 Å². The zero-order valence-electron chi connectivity index (χ0n) is 13.6. The first-order chi connectivity index (χ1) is 12.1. The lowest BCUT2D eigenvalue weighted by Crippen LogP contribution is -1.94. The van der Waals surface area contributed by atoms with Crippen molar-refractivity contribution in [1.82, 2.24) is 4.98 Å². The molecule has 0 amide bonds. The SMILES string of the molecule is COc1ccc(/C=N/Nc2nc(-c3ccc(F)cc3)c(C)s2)c(F)c1. The van der Waals surface area contributed by atoms with E-state index in [1.165, 1.54) is 42.9 Å². The third-order valence-electron chi connectivity index (χ3n) is 3.49. The third-order valence-corrected chi connectivity index (χ3v) is 4.36. The van der Waals surface area contributed by atoms with Crippen LogP contribution in [0.4, 0.5) is 13.9 Å². The van der Waals surface area contributed by atoms with E-state index in [2.05, 4.69) is 15.5 Å². The number of hydrogen-bond acceptors (Lipinski definition) is 5. The van der Waals surface area contributed by atoms with Crippen LogP contribution in [0.1, 0.15) is 10.4 Å². The zero-order chi connectivity index (χ0) is 17.8. The Morgan fingerprint density at radius 2 is 1.92 bits per heavy atom. The Balaban J connectivity index is 1.74. The number of methoxy groups -OCH3 is 1. The fourth-order valence-electron chi connectivity index (χ4n) is 2.22. The molecule has 0 aliphatic rings. The van der Waals surface area contributed by atoms with Gasteiger partial charge in [-0.1, -0.05) is 0 Å². The topological polar surface area (TPSA) is 46.5 Å². The predicted molar refractivity (Wildman–Crippen MR) is 96.4 cm³/mol. The summed E-state index contributed by atoms with van der Waals surface area (Å²) in [5.41, 5.74) is 4.72. The molecule has 1 heterocycles. The van der Waals surface area contributed by atoms with Crippen LogP contribution in [-0.2, 0) is 0 Å². The smallest absolute Gasteiger partial charge is 0.204 e. The van der Waals surface area contributed by atoms with Crippen molar-refractivity contribution in [2.24, 2.45) is 5.10 Å². The Morgan fingerprint density at radius 3 is 2.60 bits per heavy atom. The van der Waals surface area contributed by atoms with Gasteiger partial charge in [-0.3, -0.25) is 5.43 Å². The van der Waals surface area contributed by atoms with Crippen molar-refractivity contribution in [1.29, 1.82) is 0 Å². The molecular weight excluding hydrogens is 344 g/mol. The Morgan fingerprint density at radius 1 is 1.16 bits per heavy atom. The number of nitrogens with zero attached hydrogens (tertiary/aromatic N) is 2. The fourth-order valence-corrected chi connectivity index (χ4v) is 3.00. The maximum Gasteiger partial charge on any atom is 0.204 e. The average Bonchev–Trinajstić information content (AvgIpc) is 2.97. The first-order valence-electron chi connectivity index (χ1n) is 7.43. The molecular formula is C18H15F2N3OS. The summed E-state index contributed by atoms with van der Waals surface area (Å²) in [6.07, 6.45) is 1.38. The molecule has 0 aliphatic carbocycles. The van der Waals surface area contributed by atoms with E-state index in [4.69, 9.17) is 4.74 Å². The number of anilines is 1. The van der Waals surface area contributed by atoms with E-state index in [1.807, 2.05) is 6.92 Å². The number of nitrogens with one attached hydrogen (secondary N) is 1. The van der Waals surface area contributed by atoms with E-state index in [1.54, 1.807) is 24.3 Å². The monoisotopic (exact) mass is 359 g/mol. The van der Waals surface area contributed by atoms with Crippen LogP contribution in [0.3, 0.4) is 0 Å². The second-order valence-electron chi connectivity index (χ2n) is 5.19. The van der Waals surface area contributed by atoms with Gasteiger partial charge in [-0.05, 0) is 43.3 Å². The highest BCUT2D eigenvalue weighted by atomic mass is 32.1. The van der Waals surface area contributed by atoms with Crippen molar-refractivity contribution in [3.63, 3.8) is 0 Å². The lowest BCUT2D eigenvalue weighted by molar-refractivity contribution is 0.411. The summed E-state index contributed by atoms with van der Waals surface area (Å²) < 4.78 is 31.8. The molecule has 0 atom stereocenters. The molecule has 0 spiro atoms. The molecule has 0 radical (unpaired) electrons. The molecule has 0 saturated carbocycles. The van der Waals surface area contributed by atoms with Gasteiger partial charge in [0.05, 0.1) is 19.0 Å². The van der Waals surface area contributed by atoms with E-state index >= 15 is 0 Å². The maximum atomic E-state index is 13.8. The van der Waals surface area contributed by atoms with Gasteiger partial charge in [-0.2, -0.15) is 5.10 Å². The molecule has 4 nitrogen and oxygen atoms in total. The lowest BCUT2D eigenvalue weighted by atomic mass is 10.1. The van der Waals surface area contributed by atoms with Crippen LogP contribution < -0.4 is 10.2 Å². The van der Waals surface area contributed by atoms with Crippen LogP contribution in [0, 0.1) is 18.6 Å². The molecule has 3 aromatic rings. The number of ether oxygens (including phenoxy) is 1. The molecule has 0 saturated heterocycles. The Hall–Kier alpha value is -2.80. The molecule has 0 bridgehead atoms. The molecule has 0 fully saturated rings. The normalized spacial score (nSPS) is 11.0. The van der Waals surface area contributed by atoms with E-state index < -0.39 is 5.82 Å². The predicted octanol–water partition coefficient (Wildman–Crippen LogP) is 4.85. The van der Waals surface area contributed by atoms with Gasteiger partial charge in [-0.15, -0.1) is 11.3 Å². The van der Waals surface area contributed by atoms with Crippen molar-refractivity contribution in [2.45, 2.75) is 6.92 Å². The van der Waals surface area contributed by atoms with E-state index in [0.29, 0.717) is 16.4 Å². The van der Waals surface area contributed by atoms with E-state index in [-0.39, 0.29) is 5.82 Å². The fraction of sp³-hybridized carbons (Fsp3) is 0.111. The summed E-state index contributed by atoms with van der Waals surface area (Å²) in [5.74, 6) is -0.268. The summed E-state index contributed by atoms with van der Waals surface area (Å²) in [4.78, 5) is 5.42. The summed E-state index contributed by atoms with van der Waals surface area (Å²) in [7, 11) is 1.48. The highest BCUT2D eigenvalue weighted by Gasteiger charge is 2.09. The first kappa shape index (κ1) is 17.0. The minimum Gasteiger partial charge on any atom is -0.497 e. The third kappa shape index (κ3) is 4.00. The number of halogens is 2. The molecule has 7 heteroatoms. The van der Waals surface area contributed by atoms with Crippen LogP contribution in [0.2, 0.25) is 0 Å². The highest BCUT2D eigenvalue weighted by molar-refractivity contribution is 7.15. The quantitative estimate of drug-likeness (QED) is 0.523. The summed E-state index contributed by atoms with van der Waals surface area (Å²) in [5, 5.41) is 4.59. The average molecular weight is 359 g/mol. The molecule has 3 rings (SSSR count). The Bertz CT molecular complexity index is 907. The van der Waals surface area contributed by atoms with Gasteiger partial charge in [-0.25, -0.2) is 13.8 Å². The summed E-state index contributed by atoms with van der Waals surface area (Å²) >= 11 is 1.42. The van der Waals surface area contributed by atoms with Gasteiger partial charge in [0, 0.05) is 22.1 Å². The number of rotatable bonds is 5. The molecule has 25 heavy (non-hydrogen) atoms. The largest absolute Gasteiger partial charge is 0.497 e. The van der Waals surface area contributed by atoms with Gasteiger partial charge in [0.15, 0.2) is 0 Å². The van der Waals surface area contributed by atoms with Crippen molar-refractivity contribution < 1.29 is 13.5 Å². The lowest BCUT2D eigenvalue weighted by Gasteiger charge is -2.01. The number of aryl methyl sites for hydroxylation is 1. The molecule has 1 aromatic heterocycles. The minimum absolute atomic E-state index is 0.291. The van der Waals surface area contributed by atoms with Gasteiger partial charge >= 0.3 is 0 Å². The molecule has 0 unspecified atom stereocenters. The number of benzene rings is 2. The van der Waals surface area contributed by atoms with Gasteiger partial charge < -0.3 is 4.74 Å². The number of aromatic nitrogens is 1. The van der Waals surface area contributed by atoms with Crippen LogP contribution in [0.15, 0.2) is 47.6 Å². The first-order valence-corrected chi connectivity index (χ1v) is 8.24. The highest BCUT2D eigenvalue weighted by Crippen LogP contribution is 2.30. The van der Waals surface area contributed by atoms with E-state index in [0.717, 1.165) is 16.1 Å². The van der Waals surface area contributed by atoms with Crippen molar-refractivity contribution >= 4 is 22.7 Å². The standard InChI is InChI=1S/C18H15F2N3OS/c1-11-17(12-3-6-14(19)7-4-12)22-18(25-11)23-21-10-13-5-8-15(24-2)9-16(13)20/h3-10H,1-2H3,(H,22,23)/b21-10+. The van der Waals surface area contributed by atoms with Crippen LogP contribution in [-0.4, -0.2) is 18.3 Å². The van der Waals surface area contributed by atoms with Crippen LogP contribution in [0.25, 0.3) is 11.3 Å². The summed E-state index contributed by atoms with van der Waals surface area (Å²) in [6, 6.07) is 10.7. The molecule has 128 valence electrons. The Kier molecular flexibility index (Phi) is 5.04. The zero-order valence-corrected chi connectivity index (χ0v) is 14.4. The van der Waals surface area contributed by atoms with Gasteiger partial charge in [0.1, 0.15) is 17.4 Å². The number of hydrazone groups is 1. The second-order valence-corrected chi connectivity index (χ2v) is 6.39. The molecule has 0 aliphatic heterocycles. The number of hydrogen-bond donors (Lipinski definition) is 1. The number of thiazole rings is 1. The minimum atomic E-state index is -0.424. The Labute approximate surface area is 147 Å². The van der Waals surface area contributed by atoms with Gasteiger partial charge in [0.2, 0.25) is 5.13 Å². The van der Waals surface area contributed by atoms with Gasteiger partial charge in [0.25, 0.3) is 0 Å². The maximum absolute atomic E-state index is 13.8. The summed E-state index contributed by atoms with van der Waals surface area (Å²) in [6.45, 7) is 1.92. The second kappa shape index (κ2) is 7.40. The van der Waals surface area contributed by atoms with E-state index in [9.17, 15) is 8.78 Å². The van der Waals surface area contributed by atoms with Crippen molar-refractivity contribution in [3.8, 4) is 17.0 Å². The molecule has 1 N–H and O–H groups in total. The van der Waals surface area contributed by atoms with Crippen LogP contribution in [0.5, 0.6) is 5.75 Å².